The smallest absolute Gasteiger partial charge is 0.255 e. The number of amides is 1. The molecule has 3 aliphatic rings. The Hall–Kier alpha value is -3.27. The van der Waals surface area contributed by atoms with Crippen molar-refractivity contribution in [3.63, 3.8) is 0 Å². The zero-order valence-electron chi connectivity index (χ0n) is 18.3. The van der Waals surface area contributed by atoms with Gasteiger partial charge < -0.3 is 15.4 Å². The monoisotopic (exact) mass is 424 g/mol. The number of fused-ring (bicyclic) bond motifs is 7. The Morgan fingerprint density at radius 1 is 0.969 bits per heavy atom. The molecule has 32 heavy (non-hydrogen) atoms. The highest BCUT2D eigenvalue weighted by atomic mass is 16.5. The molecule has 4 nitrogen and oxygen atoms in total. The summed E-state index contributed by atoms with van der Waals surface area (Å²) in [6.07, 6.45) is 3.96. The molecule has 3 aromatic carbocycles. The minimum absolute atomic E-state index is 0.0952. The van der Waals surface area contributed by atoms with Crippen LogP contribution in [-0.4, -0.2) is 13.0 Å². The first-order valence-electron chi connectivity index (χ1n) is 11.6. The summed E-state index contributed by atoms with van der Waals surface area (Å²) < 4.78 is 5.39. The Bertz CT molecular complexity index is 1160. The van der Waals surface area contributed by atoms with Gasteiger partial charge in [0.15, 0.2) is 0 Å². The van der Waals surface area contributed by atoms with Gasteiger partial charge >= 0.3 is 0 Å². The molecule has 5 unspecified atom stereocenters. The molecule has 2 saturated carbocycles. The highest BCUT2D eigenvalue weighted by Gasteiger charge is 2.53. The minimum Gasteiger partial charge on any atom is -0.495 e. The third-order valence-electron chi connectivity index (χ3n) is 7.86. The maximum Gasteiger partial charge on any atom is 0.255 e. The molecular formula is C28H28N2O2. The molecule has 1 aliphatic heterocycles. The van der Waals surface area contributed by atoms with Gasteiger partial charge in [0.1, 0.15) is 5.75 Å². The van der Waals surface area contributed by atoms with E-state index in [0.29, 0.717) is 34.9 Å². The van der Waals surface area contributed by atoms with Crippen LogP contribution < -0.4 is 15.4 Å². The number of nitrogens with one attached hydrogen (secondary N) is 2. The lowest BCUT2D eigenvalue weighted by Crippen LogP contribution is -2.35. The lowest BCUT2D eigenvalue weighted by Gasteiger charge is -2.43. The van der Waals surface area contributed by atoms with Crippen LogP contribution in [0.4, 0.5) is 11.4 Å². The molecule has 0 spiro atoms. The minimum atomic E-state index is -0.0952. The third-order valence-corrected chi connectivity index (χ3v) is 7.86. The maximum atomic E-state index is 13.1. The zero-order valence-corrected chi connectivity index (χ0v) is 18.3. The van der Waals surface area contributed by atoms with E-state index in [4.69, 9.17) is 4.74 Å². The molecule has 1 amide bonds. The van der Waals surface area contributed by atoms with E-state index in [1.54, 1.807) is 7.11 Å². The number of carbonyl (C=O) groups excluding carboxylic acids is 1. The van der Waals surface area contributed by atoms with Crippen LogP contribution in [0.1, 0.15) is 52.7 Å². The van der Waals surface area contributed by atoms with Gasteiger partial charge in [-0.25, -0.2) is 0 Å². The second-order valence-electron chi connectivity index (χ2n) is 9.43. The Balaban J connectivity index is 1.35. The standard InChI is InChI=1S/C28H28N2O2/c1-32-24-10-6-5-9-23(24)30-28(31)20-13-14-22-21(16-20)25-18-11-12-19(15-18)26(25)27(29-22)17-7-3-2-4-8-17/h2-10,13-14,16,18-19,25-27,29H,11-12,15H2,1H3,(H,30,31). The fraction of sp³-hybridized carbons (Fsp3) is 0.321. The third kappa shape index (κ3) is 3.09. The van der Waals surface area contributed by atoms with Gasteiger partial charge in [-0.3, -0.25) is 4.79 Å². The van der Waals surface area contributed by atoms with Crippen molar-refractivity contribution in [3.8, 4) is 5.75 Å². The Labute approximate surface area is 189 Å². The molecule has 6 rings (SSSR count). The quantitative estimate of drug-likeness (QED) is 0.521. The molecule has 1 heterocycles. The SMILES string of the molecule is COc1ccccc1NC(=O)c1ccc2c(c1)C1C3CCC(C3)C1C(c1ccccc1)N2. The summed E-state index contributed by atoms with van der Waals surface area (Å²) in [7, 11) is 1.62. The summed E-state index contributed by atoms with van der Waals surface area (Å²) in [4.78, 5) is 13.1. The number of hydrogen-bond donors (Lipinski definition) is 2. The molecule has 2 fully saturated rings. The van der Waals surface area contributed by atoms with Crippen molar-refractivity contribution in [1.29, 1.82) is 0 Å². The molecular weight excluding hydrogens is 396 g/mol. The number of carbonyl (C=O) groups is 1. The number of rotatable bonds is 4. The molecule has 0 aromatic heterocycles. The van der Waals surface area contributed by atoms with Crippen LogP contribution in [0.25, 0.3) is 0 Å². The van der Waals surface area contributed by atoms with Gasteiger partial charge in [-0.15, -0.1) is 0 Å². The average molecular weight is 425 g/mol. The Kier molecular flexibility index (Phi) is 4.67. The molecule has 2 bridgehead atoms. The molecule has 4 heteroatoms. The molecule has 2 N–H and O–H groups in total. The average Bonchev–Trinajstić information content (AvgIpc) is 3.47. The molecule has 162 valence electrons. The number of anilines is 2. The number of ether oxygens (including phenoxy) is 1. The van der Waals surface area contributed by atoms with Crippen LogP contribution in [0.15, 0.2) is 72.8 Å². The van der Waals surface area contributed by atoms with Crippen LogP contribution in [0.3, 0.4) is 0 Å². The van der Waals surface area contributed by atoms with Crippen LogP contribution in [0.2, 0.25) is 0 Å². The van der Waals surface area contributed by atoms with Gasteiger partial charge in [0.2, 0.25) is 0 Å². The molecule has 2 aliphatic carbocycles. The second-order valence-corrected chi connectivity index (χ2v) is 9.43. The fourth-order valence-corrected chi connectivity index (χ4v) is 6.56. The molecule has 3 aromatic rings. The van der Waals surface area contributed by atoms with Gasteiger partial charge in [0.05, 0.1) is 18.8 Å². The Morgan fingerprint density at radius 3 is 2.59 bits per heavy atom. The maximum absolute atomic E-state index is 13.1. The molecule has 0 radical (unpaired) electrons. The first-order chi connectivity index (χ1) is 15.7. The van der Waals surface area contributed by atoms with E-state index in [9.17, 15) is 4.79 Å². The zero-order chi connectivity index (χ0) is 21.7. The fourth-order valence-electron chi connectivity index (χ4n) is 6.56. The first kappa shape index (κ1) is 19.4. The van der Waals surface area contributed by atoms with E-state index >= 15 is 0 Å². The van der Waals surface area contributed by atoms with Gasteiger partial charge in [0, 0.05) is 11.3 Å². The second kappa shape index (κ2) is 7.70. The topological polar surface area (TPSA) is 50.4 Å². The van der Waals surface area contributed by atoms with Crippen molar-refractivity contribution < 1.29 is 9.53 Å². The Morgan fingerprint density at radius 2 is 1.75 bits per heavy atom. The molecule has 0 saturated heterocycles. The van der Waals surface area contributed by atoms with E-state index in [-0.39, 0.29) is 5.91 Å². The van der Waals surface area contributed by atoms with Crippen molar-refractivity contribution >= 4 is 17.3 Å². The number of methoxy groups -OCH3 is 1. The summed E-state index contributed by atoms with van der Waals surface area (Å²) in [6.45, 7) is 0. The summed E-state index contributed by atoms with van der Waals surface area (Å²) in [5.41, 5.74) is 5.27. The predicted octanol–water partition coefficient (Wildman–Crippen LogP) is 6.24. The van der Waals surface area contributed by atoms with E-state index < -0.39 is 0 Å². The van der Waals surface area contributed by atoms with Crippen molar-refractivity contribution in [1.82, 2.24) is 0 Å². The van der Waals surface area contributed by atoms with Crippen LogP contribution in [-0.2, 0) is 0 Å². The first-order valence-corrected chi connectivity index (χ1v) is 11.6. The van der Waals surface area contributed by atoms with Crippen LogP contribution >= 0.6 is 0 Å². The van der Waals surface area contributed by atoms with Gasteiger partial charge in [0.25, 0.3) is 5.91 Å². The lowest BCUT2D eigenvalue weighted by atomic mass is 9.68. The normalized spacial score (nSPS) is 27.2. The van der Waals surface area contributed by atoms with Crippen molar-refractivity contribution in [3.05, 3.63) is 89.5 Å². The predicted molar refractivity (Wildman–Crippen MR) is 127 cm³/mol. The van der Waals surface area contributed by atoms with E-state index in [2.05, 4.69) is 53.1 Å². The van der Waals surface area contributed by atoms with Gasteiger partial charge in [-0.2, -0.15) is 0 Å². The largest absolute Gasteiger partial charge is 0.495 e. The highest BCUT2D eigenvalue weighted by molar-refractivity contribution is 6.05. The lowest BCUT2D eigenvalue weighted by molar-refractivity contribution is 0.102. The number of benzene rings is 3. The number of para-hydroxylation sites is 2. The van der Waals surface area contributed by atoms with Crippen LogP contribution in [0, 0.1) is 17.8 Å². The van der Waals surface area contributed by atoms with E-state index in [0.717, 1.165) is 11.8 Å². The molecule has 5 atom stereocenters. The highest BCUT2D eigenvalue weighted by Crippen LogP contribution is 2.63. The van der Waals surface area contributed by atoms with Gasteiger partial charge in [-0.05, 0) is 84.4 Å². The summed E-state index contributed by atoms with van der Waals surface area (Å²) >= 11 is 0. The van der Waals surface area contributed by atoms with E-state index in [1.165, 1.54) is 36.1 Å². The van der Waals surface area contributed by atoms with Crippen molar-refractivity contribution in [2.45, 2.75) is 31.2 Å². The number of hydrogen-bond acceptors (Lipinski definition) is 3. The van der Waals surface area contributed by atoms with E-state index in [1.807, 2.05) is 30.3 Å². The van der Waals surface area contributed by atoms with Gasteiger partial charge in [-0.1, -0.05) is 42.5 Å². The summed E-state index contributed by atoms with van der Waals surface area (Å²) in [6, 6.07) is 24.9. The van der Waals surface area contributed by atoms with Crippen LogP contribution in [0.5, 0.6) is 5.75 Å². The van der Waals surface area contributed by atoms with Crippen molar-refractivity contribution in [2.24, 2.45) is 17.8 Å². The summed E-state index contributed by atoms with van der Waals surface area (Å²) in [5.74, 6) is 3.18. The summed E-state index contributed by atoms with van der Waals surface area (Å²) in [5, 5.41) is 6.88. The van der Waals surface area contributed by atoms with Crippen molar-refractivity contribution in [2.75, 3.05) is 17.7 Å².